The molecule has 1 unspecified atom stereocenters. The van der Waals surface area contributed by atoms with E-state index in [0.717, 1.165) is 5.56 Å². The van der Waals surface area contributed by atoms with Crippen molar-refractivity contribution in [3.8, 4) is 0 Å². The van der Waals surface area contributed by atoms with E-state index in [-0.39, 0.29) is 18.3 Å². The highest BCUT2D eigenvalue weighted by molar-refractivity contribution is 5.24. The molecular formula is C14H23FO. The lowest BCUT2D eigenvalue weighted by atomic mass is 10.00. The van der Waals surface area contributed by atoms with Gasteiger partial charge in [0.1, 0.15) is 5.82 Å². The van der Waals surface area contributed by atoms with E-state index in [4.69, 9.17) is 5.11 Å². The van der Waals surface area contributed by atoms with Gasteiger partial charge in [0.25, 0.3) is 0 Å². The molecule has 0 fully saturated rings. The molecule has 0 amide bonds. The molecule has 1 nitrogen and oxygen atoms in total. The van der Waals surface area contributed by atoms with Gasteiger partial charge in [-0.25, -0.2) is 4.39 Å². The first-order chi connectivity index (χ1) is 7.54. The third-order valence-corrected chi connectivity index (χ3v) is 2.08. The van der Waals surface area contributed by atoms with E-state index in [1.807, 2.05) is 19.9 Å². The molecule has 0 saturated heterocycles. The Hall–Kier alpha value is -0.890. The molecular weight excluding hydrogens is 203 g/mol. The lowest BCUT2D eigenvalue weighted by Gasteiger charge is -2.09. The Bertz CT molecular complexity index is 297. The van der Waals surface area contributed by atoms with Gasteiger partial charge in [0, 0.05) is 6.61 Å². The largest absolute Gasteiger partial charge is 0.396 e. The fraction of sp³-hybridized carbons (Fsp3) is 0.571. The van der Waals surface area contributed by atoms with Crippen LogP contribution in [0.15, 0.2) is 18.2 Å². The van der Waals surface area contributed by atoms with Crippen LogP contribution in [-0.2, 0) is 6.42 Å². The monoisotopic (exact) mass is 226 g/mol. The molecule has 0 aliphatic heterocycles. The van der Waals surface area contributed by atoms with Crippen LogP contribution < -0.4 is 0 Å². The summed E-state index contributed by atoms with van der Waals surface area (Å²) >= 11 is 0. The van der Waals surface area contributed by atoms with Gasteiger partial charge in [0.15, 0.2) is 0 Å². The van der Waals surface area contributed by atoms with Gasteiger partial charge in [-0.15, -0.1) is 0 Å². The molecule has 0 aliphatic rings. The molecule has 92 valence electrons. The minimum Gasteiger partial charge on any atom is -0.396 e. The minimum atomic E-state index is -0.175. The quantitative estimate of drug-likeness (QED) is 0.832. The maximum atomic E-state index is 13.2. The Kier molecular flexibility index (Phi) is 7.82. The Morgan fingerprint density at radius 3 is 2.38 bits per heavy atom. The van der Waals surface area contributed by atoms with Crippen LogP contribution in [0.5, 0.6) is 0 Å². The lowest BCUT2D eigenvalue weighted by molar-refractivity contribution is 0.236. The molecule has 0 radical (unpaired) electrons. The average Bonchev–Trinajstić information content (AvgIpc) is 2.24. The van der Waals surface area contributed by atoms with E-state index in [1.165, 1.54) is 12.5 Å². The first-order valence-corrected chi connectivity index (χ1v) is 5.90. The SMILES string of the molecule is CCC.Cc1ccc(F)c(CC(C)CO)c1. The van der Waals surface area contributed by atoms with E-state index in [9.17, 15) is 4.39 Å². The molecule has 0 spiro atoms. The summed E-state index contributed by atoms with van der Waals surface area (Å²) in [6.45, 7) is 8.20. The second-order valence-corrected chi connectivity index (χ2v) is 4.29. The minimum absolute atomic E-state index is 0.105. The molecule has 1 rings (SSSR count). The molecule has 1 atom stereocenters. The van der Waals surface area contributed by atoms with Crippen LogP contribution in [0.4, 0.5) is 4.39 Å². The van der Waals surface area contributed by atoms with Crippen molar-refractivity contribution in [2.75, 3.05) is 6.61 Å². The number of aryl methyl sites for hydroxylation is 1. The fourth-order valence-corrected chi connectivity index (χ4v) is 1.30. The van der Waals surface area contributed by atoms with Crippen molar-refractivity contribution in [1.29, 1.82) is 0 Å². The summed E-state index contributed by atoms with van der Waals surface area (Å²) in [5, 5.41) is 8.83. The zero-order valence-corrected chi connectivity index (χ0v) is 10.8. The van der Waals surface area contributed by atoms with E-state index in [1.54, 1.807) is 6.07 Å². The number of hydrogen-bond acceptors (Lipinski definition) is 1. The second-order valence-electron chi connectivity index (χ2n) is 4.29. The molecule has 2 heteroatoms. The third kappa shape index (κ3) is 5.86. The summed E-state index contributed by atoms with van der Waals surface area (Å²) in [6.07, 6.45) is 1.85. The smallest absolute Gasteiger partial charge is 0.126 e. The lowest BCUT2D eigenvalue weighted by Crippen LogP contribution is -2.06. The molecule has 0 heterocycles. The maximum absolute atomic E-state index is 13.2. The van der Waals surface area contributed by atoms with Crippen molar-refractivity contribution < 1.29 is 9.50 Å². The van der Waals surface area contributed by atoms with E-state index in [0.29, 0.717) is 12.0 Å². The predicted molar refractivity (Wildman–Crippen MR) is 67.1 cm³/mol. The van der Waals surface area contributed by atoms with Crippen LogP contribution >= 0.6 is 0 Å². The molecule has 1 aromatic carbocycles. The molecule has 0 bridgehead atoms. The van der Waals surface area contributed by atoms with Crippen molar-refractivity contribution in [3.05, 3.63) is 35.1 Å². The zero-order valence-electron chi connectivity index (χ0n) is 10.8. The van der Waals surface area contributed by atoms with Gasteiger partial charge in [0.05, 0.1) is 0 Å². The molecule has 1 N–H and O–H groups in total. The summed E-state index contributed by atoms with van der Waals surface area (Å²) in [5.74, 6) is -0.0535. The van der Waals surface area contributed by atoms with E-state index < -0.39 is 0 Å². The number of rotatable bonds is 3. The van der Waals surface area contributed by atoms with Gasteiger partial charge < -0.3 is 5.11 Å². The maximum Gasteiger partial charge on any atom is 0.126 e. The third-order valence-electron chi connectivity index (χ3n) is 2.08. The summed E-state index contributed by atoms with van der Waals surface area (Å²) < 4.78 is 13.2. The Morgan fingerprint density at radius 1 is 1.31 bits per heavy atom. The first-order valence-electron chi connectivity index (χ1n) is 5.90. The number of aliphatic hydroxyl groups is 1. The highest BCUT2D eigenvalue weighted by atomic mass is 19.1. The summed E-state index contributed by atoms with van der Waals surface area (Å²) in [5.41, 5.74) is 1.75. The normalized spacial score (nSPS) is 11.6. The molecule has 1 aromatic rings. The Morgan fingerprint density at radius 2 is 1.88 bits per heavy atom. The highest BCUT2D eigenvalue weighted by Gasteiger charge is 2.06. The molecule has 0 saturated carbocycles. The van der Waals surface area contributed by atoms with E-state index in [2.05, 4.69) is 13.8 Å². The van der Waals surface area contributed by atoms with Gasteiger partial charge in [-0.1, -0.05) is 44.9 Å². The standard InChI is InChI=1S/C11H15FO.C3H8/c1-8-3-4-11(12)10(5-8)6-9(2)7-13;1-3-2/h3-5,9,13H,6-7H2,1-2H3;3H2,1-2H3. The second kappa shape index (κ2) is 8.28. The summed E-state index contributed by atoms with van der Waals surface area (Å²) in [4.78, 5) is 0. The number of hydrogen-bond donors (Lipinski definition) is 1. The van der Waals surface area contributed by atoms with Crippen molar-refractivity contribution in [3.63, 3.8) is 0 Å². The number of aliphatic hydroxyl groups excluding tert-OH is 1. The fourth-order valence-electron chi connectivity index (χ4n) is 1.30. The number of halogens is 1. The Labute approximate surface area is 98.3 Å². The number of benzene rings is 1. The van der Waals surface area contributed by atoms with Gasteiger partial charge in [0.2, 0.25) is 0 Å². The van der Waals surface area contributed by atoms with Crippen LogP contribution in [0.25, 0.3) is 0 Å². The predicted octanol–water partition coefficient (Wildman–Crippen LogP) is 3.72. The molecule has 0 aromatic heterocycles. The summed E-state index contributed by atoms with van der Waals surface area (Å²) in [6, 6.07) is 5.07. The van der Waals surface area contributed by atoms with Crippen LogP contribution in [-0.4, -0.2) is 11.7 Å². The van der Waals surface area contributed by atoms with E-state index >= 15 is 0 Å². The zero-order chi connectivity index (χ0) is 12.6. The molecule has 16 heavy (non-hydrogen) atoms. The first kappa shape index (κ1) is 15.1. The Balaban J connectivity index is 0.000000673. The van der Waals surface area contributed by atoms with Gasteiger partial charge in [-0.3, -0.25) is 0 Å². The average molecular weight is 226 g/mol. The van der Waals surface area contributed by atoms with Crippen LogP contribution in [0.2, 0.25) is 0 Å². The van der Waals surface area contributed by atoms with Gasteiger partial charge in [-0.2, -0.15) is 0 Å². The molecule has 0 aliphatic carbocycles. The van der Waals surface area contributed by atoms with Crippen LogP contribution in [0, 0.1) is 18.7 Å². The van der Waals surface area contributed by atoms with Crippen LogP contribution in [0.3, 0.4) is 0 Å². The van der Waals surface area contributed by atoms with Crippen molar-refractivity contribution in [1.82, 2.24) is 0 Å². The summed E-state index contributed by atoms with van der Waals surface area (Å²) in [7, 11) is 0. The van der Waals surface area contributed by atoms with Crippen LogP contribution in [0.1, 0.15) is 38.3 Å². The van der Waals surface area contributed by atoms with Gasteiger partial charge in [-0.05, 0) is 30.9 Å². The highest BCUT2D eigenvalue weighted by Crippen LogP contribution is 2.14. The van der Waals surface area contributed by atoms with Crippen molar-refractivity contribution >= 4 is 0 Å². The topological polar surface area (TPSA) is 20.2 Å². The van der Waals surface area contributed by atoms with Crippen molar-refractivity contribution in [2.45, 2.75) is 40.5 Å². The van der Waals surface area contributed by atoms with Gasteiger partial charge >= 0.3 is 0 Å². The van der Waals surface area contributed by atoms with Crippen molar-refractivity contribution in [2.24, 2.45) is 5.92 Å².